The van der Waals surface area contributed by atoms with E-state index in [4.69, 9.17) is 9.47 Å². The Kier molecular flexibility index (Phi) is 4.85. The van der Waals surface area contributed by atoms with Crippen molar-refractivity contribution in [3.05, 3.63) is 23.8 Å². The van der Waals surface area contributed by atoms with E-state index in [0.29, 0.717) is 35.7 Å². The molecule has 2 fully saturated rings. The molecule has 1 aromatic carbocycles. The molecule has 6 nitrogen and oxygen atoms in total. The molecular weight excluding hydrogens is 332 g/mol. The molecule has 0 bridgehead atoms. The van der Waals surface area contributed by atoms with Crippen molar-refractivity contribution in [1.82, 2.24) is 10.2 Å². The van der Waals surface area contributed by atoms with Crippen LogP contribution in [0.4, 0.5) is 0 Å². The normalized spacial score (nSPS) is 21.0. The molecule has 3 aliphatic rings. The number of nitrogens with zero attached hydrogens (tertiary/aromatic N) is 1. The Morgan fingerprint density at radius 3 is 2.54 bits per heavy atom. The first-order valence-electron chi connectivity index (χ1n) is 9.57. The van der Waals surface area contributed by atoms with Crippen LogP contribution in [0.5, 0.6) is 11.5 Å². The fourth-order valence-electron chi connectivity index (χ4n) is 4.19. The number of ether oxygens (including phenoxy) is 2. The highest BCUT2D eigenvalue weighted by atomic mass is 16.6. The van der Waals surface area contributed by atoms with E-state index in [2.05, 4.69) is 5.32 Å². The number of amides is 1. The molecule has 0 radical (unpaired) electrons. The molecule has 26 heavy (non-hydrogen) atoms. The number of likely N-dealkylation sites (tertiary alicyclic amines) is 1. The van der Waals surface area contributed by atoms with Gasteiger partial charge in [-0.15, -0.1) is 0 Å². The van der Waals surface area contributed by atoms with Gasteiger partial charge in [0.05, 0.1) is 0 Å². The second-order valence-electron chi connectivity index (χ2n) is 7.59. The van der Waals surface area contributed by atoms with Gasteiger partial charge in [-0.3, -0.25) is 9.59 Å². The predicted molar refractivity (Wildman–Crippen MR) is 96.7 cm³/mol. The molecule has 0 saturated carbocycles. The number of rotatable bonds is 4. The Bertz CT molecular complexity index is 687. The van der Waals surface area contributed by atoms with Gasteiger partial charge in [0.2, 0.25) is 5.91 Å². The zero-order valence-corrected chi connectivity index (χ0v) is 15.1. The van der Waals surface area contributed by atoms with E-state index in [1.54, 1.807) is 18.2 Å². The Labute approximate surface area is 153 Å². The van der Waals surface area contributed by atoms with Crippen molar-refractivity contribution in [2.45, 2.75) is 32.1 Å². The zero-order chi connectivity index (χ0) is 18.0. The van der Waals surface area contributed by atoms with Crippen LogP contribution < -0.4 is 14.8 Å². The first kappa shape index (κ1) is 17.3. The van der Waals surface area contributed by atoms with Crippen molar-refractivity contribution in [1.29, 1.82) is 0 Å². The van der Waals surface area contributed by atoms with E-state index in [0.717, 1.165) is 39.0 Å². The number of carbonyl (C=O) groups excluding carboxylic acids is 2. The highest BCUT2D eigenvalue weighted by Crippen LogP contribution is 2.37. The van der Waals surface area contributed by atoms with Crippen LogP contribution in [0, 0.1) is 5.41 Å². The van der Waals surface area contributed by atoms with Crippen LogP contribution in [-0.4, -0.2) is 56.0 Å². The number of nitrogens with one attached hydrogen (secondary N) is 1. The van der Waals surface area contributed by atoms with Gasteiger partial charge in [-0.05, 0) is 49.4 Å². The number of benzene rings is 1. The van der Waals surface area contributed by atoms with E-state index < -0.39 is 0 Å². The summed E-state index contributed by atoms with van der Waals surface area (Å²) in [6, 6.07) is 5.24. The van der Waals surface area contributed by atoms with Gasteiger partial charge in [-0.1, -0.05) is 0 Å². The number of hydrogen-bond donors (Lipinski definition) is 1. The zero-order valence-electron chi connectivity index (χ0n) is 15.1. The fraction of sp³-hybridized carbons (Fsp3) is 0.600. The Morgan fingerprint density at radius 2 is 1.81 bits per heavy atom. The number of carbonyl (C=O) groups is 2. The molecule has 2 saturated heterocycles. The van der Waals surface area contributed by atoms with Gasteiger partial charge in [-0.25, -0.2) is 0 Å². The molecule has 6 heteroatoms. The third-order valence-corrected chi connectivity index (χ3v) is 5.94. The van der Waals surface area contributed by atoms with Crippen LogP contribution >= 0.6 is 0 Å². The summed E-state index contributed by atoms with van der Waals surface area (Å²) in [6.07, 6.45) is 3.88. The van der Waals surface area contributed by atoms with Crippen LogP contribution in [0.15, 0.2) is 18.2 Å². The topological polar surface area (TPSA) is 67.9 Å². The molecule has 4 rings (SSSR count). The average Bonchev–Trinajstić information content (AvgIpc) is 3.14. The summed E-state index contributed by atoms with van der Waals surface area (Å²) in [6.45, 7) is 4.84. The van der Waals surface area contributed by atoms with Crippen LogP contribution in [0.3, 0.4) is 0 Å². The van der Waals surface area contributed by atoms with Gasteiger partial charge in [-0.2, -0.15) is 0 Å². The summed E-state index contributed by atoms with van der Waals surface area (Å²) in [5.41, 5.74) is 0.981. The molecule has 0 atom stereocenters. The summed E-state index contributed by atoms with van der Waals surface area (Å²) < 4.78 is 11.0. The molecular formula is C20H26N2O4. The number of fused-ring (bicyclic) bond motifs is 1. The Hall–Kier alpha value is -2.08. The first-order chi connectivity index (χ1) is 12.7. The first-order valence-corrected chi connectivity index (χ1v) is 9.57. The minimum atomic E-state index is -0.0243. The smallest absolute Gasteiger partial charge is 0.223 e. The molecule has 0 unspecified atom stereocenters. The summed E-state index contributed by atoms with van der Waals surface area (Å²) in [5.74, 6) is 1.35. The summed E-state index contributed by atoms with van der Waals surface area (Å²) in [7, 11) is 0. The molecule has 1 N–H and O–H groups in total. The maximum atomic E-state index is 12.5. The van der Waals surface area contributed by atoms with E-state index >= 15 is 0 Å². The monoisotopic (exact) mass is 358 g/mol. The lowest BCUT2D eigenvalue weighted by molar-refractivity contribution is -0.133. The van der Waals surface area contributed by atoms with Gasteiger partial charge < -0.3 is 19.7 Å². The predicted octanol–water partition coefficient (Wildman–Crippen LogP) is 2.02. The van der Waals surface area contributed by atoms with Crippen molar-refractivity contribution in [3.63, 3.8) is 0 Å². The van der Waals surface area contributed by atoms with E-state index in [9.17, 15) is 9.59 Å². The lowest BCUT2D eigenvalue weighted by Crippen LogP contribution is -2.44. The van der Waals surface area contributed by atoms with E-state index in [1.165, 1.54) is 6.42 Å². The number of hydrogen-bond acceptors (Lipinski definition) is 5. The van der Waals surface area contributed by atoms with Gasteiger partial charge in [0.1, 0.15) is 13.2 Å². The lowest BCUT2D eigenvalue weighted by Gasteiger charge is -2.39. The number of piperidine rings is 1. The highest BCUT2D eigenvalue weighted by Gasteiger charge is 2.37. The van der Waals surface area contributed by atoms with Gasteiger partial charge >= 0.3 is 0 Å². The van der Waals surface area contributed by atoms with Crippen LogP contribution in [0.1, 0.15) is 42.5 Å². The molecule has 1 spiro atoms. The standard InChI is InChI=1S/C20H26N2O4/c23-16(15-1-3-17-18(13-15)26-12-11-25-17)2-4-19(24)22-9-6-20(7-10-22)5-8-21-14-20/h1,3,13,21H,2,4-12,14H2. The molecule has 0 aliphatic carbocycles. The highest BCUT2D eigenvalue weighted by molar-refractivity contribution is 5.98. The molecule has 3 heterocycles. The minimum Gasteiger partial charge on any atom is -0.486 e. The summed E-state index contributed by atoms with van der Waals surface area (Å²) >= 11 is 0. The second-order valence-corrected chi connectivity index (χ2v) is 7.59. The van der Waals surface area contributed by atoms with E-state index in [1.807, 2.05) is 4.90 Å². The maximum Gasteiger partial charge on any atom is 0.223 e. The van der Waals surface area contributed by atoms with Crippen LogP contribution in [-0.2, 0) is 4.79 Å². The van der Waals surface area contributed by atoms with Crippen molar-refractivity contribution >= 4 is 11.7 Å². The second kappa shape index (κ2) is 7.27. The summed E-state index contributed by atoms with van der Waals surface area (Å²) in [5, 5.41) is 3.44. The van der Waals surface area contributed by atoms with Crippen molar-refractivity contribution in [3.8, 4) is 11.5 Å². The number of ketones is 1. The molecule has 1 aromatic rings. The third kappa shape index (κ3) is 3.56. The third-order valence-electron chi connectivity index (χ3n) is 5.94. The van der Waals surface area contributed by atoms with Crippen LogP contribution in [0.2, 0.25) is 0 Å². The van der Waals surface area contributed by atoms with Crippen molar-refractivity contribution < 1.29 is 19.1 Å². The lowest BCUT2D eigenvalue weighted by atomic mass is 9.78. The van der Waals surface area contributed by atoms with Gasteiger partial charge in [0, 0.05) is 38.0 Å². The molecule has 140 valence electrons. The Balaban J connectivity index is 1.28. The molecule has 1 amide bonds. The van der Waals surface area contributed by atoms with Crippen molar-refractivity contribution in [2.24, 2.45) is 5.41 Å². The average molecular weight is 358 g/mol. The SMILES string of the molecule is O=C(CCC(=O)N1CCC2(CCNC2)CC1)c1ccc2c(c1)OCCO2. The maximum absolute atomic E-state index is 12.5. The molecule has 3 aliphatic heterocycles. The minimum absolute atomic E-state index is 0.0243. The van der Waals surface area contributed by atoms with Crippen molar-refractivity contribution in [2.75, 3.05) is 39.4 Å². The summed E-state index contributed by atoms with van der Waals surface area (Å²) in [4.78, 5) is 26.9. The quantitative estimate of drug-likeness (QED) is 0.834. The van der Waals surface area contributed by atoms with E-state index in [-0.39, 0.29) is 24.5 Å². The molecule has 0 aromatic heterocycles. The fourth-order valence-corrected chi connectivity index (χ4v) is 4.19. The Morgan fingerprint density at radius 1 is 1.04 bits per heavy atom. The van der Waals surface area contributed by atoms with Gasteiger partial charge in [0.15, 0.2) is 17.3 Å². The number of Topliss-reactive ketones (excluding diaryl/α,β-unsaturated/α-hetero) is 1. The van der Waals surface area contributed by atoms with Gasteiger partial charge in [0.25, 0.3) is 0 Å². The van der Waals surface area contributed by atoms with Crippen LogP contribution in [0.25, 0.3) is 0 Å². The largest absolute Gasteiger partial charge is 0.486 e.